The molecule has 4 nitrogen and oxygen atoms in total. The van der Waals surface area contributed by atoms with Crippen molar-refractivity contribution in [1.82, 2.24) is 10.4 Å². The third kappa shape index (κ3) is 4.25. The van der Waals surface area contributed by atoms with Crippen molar-refractivity contribution in [3.05, 3.63) is 35.4 Å². The molecule has 0 aromatic heterocycles. The summed E-state index contributed by atoms with van der Waals surface area (Å²) < 4.78 is 0. The average Bonchev–Trinajstić information content (AvgIpc) is 2.43. The van der Waals surface area contributed by atoms with Gasteiger partial charge >= 0.3 is 0 Å². The van der Waals surface area contributed by atoms with E-state index in [0.29, 0.717) is 23.5 Å². The molecule has 0 radical (unpaired) electrons. The van der Waals surface area contributed by atoms with Crippen molar-refractivity contribution in [2.75, 3.05) is 0 Å². The number of nitrogens with one attached hydrogen (secondary N) is 1. The van der Waals surface area contributed by atoms with Crippen LogP contribution in [0.5, 0.6) is 0 Å². The van der Waals surface area contributed by atoms with E-state index in [4.69, 9.17) is 18.0 Å². The van der Waals surface area contributed by atoms with Crippen LogP contribution in [0, 0.1) is 0 Å². The lowest BCUT2D eigenvalue weighted by Gasteiger charge is -2.38. The van der Waals surface area contributed by atoms with Crippen LogP contribution in [0.4, 0.5) is 0 Å². The molecule has 0 spiro atoms. The van der Waals surface area contributed by atoms with Gasteiger partial charge in [-0.3, -0.25) is 10.2 Å². The van der Waals surface area contributed by atoms with E-state index in [1.807, 2.05) is 24.3 Å². The average molecular weight is 305 g/mol. The predicted molar refractivity (Wildman–Crippen MR) is 88.8 cm³/mol. The number of piperidine rings is 1. The lowest BCUT2D eigenvalue weighted by atomic mass is 10.00. The van der Waals surface area contributed by atoms with Crippen LogP contribution in [0.1, 0.15) is 44.2 Å². The van der Waals surface area contributed by atoms with E-state index in [1.54, 1.807) is 0 Å². The Morgan fingerprint density at radius 2 is 1.86 bits per heavy atom. The van der Waals surface area contributed by atoms with Gasteiger partial charge in [0.2, 0.25) is 5.91 Å². The highest BCUT2D eigenvalue weighted by Crippen LogP contribution is 2.20. The zero-order valence-corrected chi connectivity index (χ0v) is 13.5. The maximum Gasteiger partial charge on any atom is 0.238 e. The summed E-state index contributed by atoms with van der Waals surface area (Å²) >= 11 is 4.92. The smallest absolute Gasteiger partial charge is 0.238 e. The Morgan fingerprint density at radius 3 is 2.38 bits per heavy atom. The van der Waals surface area contributed by atoms with Gasteiger partial charge in [-0.2, -0.15) is 0 Å². The summed E-state index contributed by atoms with van der Waals surface area (Å²) in [5.74, 6) is 0.0266. The van der Waals surface area contributed by atoms with Crippen LogP contribution < -0.4 is 11.2 Å². The third-order valence-electron chi connectivity index (χ3n) is 4.05. The first-order valence-electron chi connectivity index (χ1n) is 7.44. The topological polar surface area (TPSA) is 58.4 Å². The molecule has 1 aliphatic heterocycles. The van der Waals surface area contributed by atoms with Gasteiger partial charge in [0.15, 0.2) is 0 Å². The molecule has 2 unspecified atom stereocenters. The van der Waals surface area contributed by atoms with Gasteiger partial charge in [-0.05, 0) is 32.3 Å². The van der Waals surface area contributed by atoms with Crippen molar-refractivity contribution in [2.45, 2.75) is 51.6 Å². The van der Waals surface area contributed by atoms with Crippen molar-refractivity contribution in [1.29, 1.82) is 0 Å². The molecule has 1 aromatic rings. The lowest BCUT2D eigenvalue weighted by Crippen LogP contribution is -2.54. The third-order valence-corrected chi connectivity index (χ3v) is 4.29. The number of nitrogens with two attached hydrogens (primary N) is 1. The fraction of sp³-hybridized carbons (Fsp3) is 0.500. The van der Waals surface area contributed by atoms with E-state index < -0.39 is 0 Å². The van der Waals surface area contributed by atoms with Gasteiger partial charge in [-0.1, -0.05) is 42.9 Å². The van der Waals surface area contributed by atoms with Crippen LogP contribution in [0.25, 0.3) is 0 Å². The number of rotatable bonds is 4. The molecule has 2 atom stereocenters. The summed E-state index contributed by atoms with van der Waals surface area (Å²) in [7, 11) is 0. The Hall–Kier alpha value is -1.46. The van der Waals surface area contributed by atoms with Crippen molar-refractivity contribution in [2.24, 2.45) is 5.73 Å². The predicted octanol–water partition coefficient (Wildman–Crippen LogP) is 2.16. The van der Waals surface area contributed by atoms with Gasteiger partial charge in [-0.15, -0.1) is 0 Å². The molecule has 3 N–H and O–H groups in total. The van der Waals surface area contributed by atoms with Crippen LogP contribution >= 0.6 is 12.2 Å². The number of benzene rings is 1. The minimum absolute atomic E-state index is 0.0266. The number of amides is 1. The first-order chi connectivity index (χ1) is 9.97. The molecule has 1 aliphatic rings. The monoisotopic (exact) mass is 305 g/mol. The Kier molecular flexibility index (Phi) is 5.31. The van der Waals surface area contributed by atoms with Crippen molar-refractivity contribution < 1.29 is 4.79 Å². The first kappa shape index (κ1) is 15.9. The minimum Gasteiger partial charge on any atom is -0.389 e. The quantitative estimate of drug-likeness (QED) is 0.837. The summed E-state index contributed by atoms with van der Waals surface area (Å²) in [4.78, 5) is 12.6. The largest absolute Gasteiger partial charge is 0.389 e. The number of hydrogen-bond acceptors (Lipinski definition) is 3. The van der Waals surface area contributed by atoms with Crippen LogP contribution in [0.3, 0.4) is 0 Å². The Morgan fingerprint density at radius 1 is 1.29 bits per heavy atom. The molecule has 0 bridgehead atoms. The van der Waals surface area contributed by atoms with Crippen LogP contribution in [-0.4, -0.2) is 28.0 Å². The summed E-state index contributed by atoms with van der Waals surface area (Å²) in [6.07, 6.45) is 3.86. The number of carbonyl (C=O) groups excluding carboxylic acids is 1. The maximum absolute atomic E-state index is 12.2. The molecule has 0 aliphatic carbocycles. The van der Waals surface area contributed by atoms with E-state index >= 15 is 0 Å². The molecule has 1 saturated heterocycles. The van der Waals surface area contributed by atoms with Crippen LogP contribution in [-0.2, 0) is 11.2 Å². The van der Waals surface area contributed by atoms with Crippen molar-refractivity contribution >= 4 is 23.1 Å². The molecule has 0 saturated carbocycles. The fourth-order valence-corrected chi connectivity index (χ4v) is 2.93. The van der Waals surface area contributed by atoms with Gasteiger partial charge in [-0.25, -0.2) is 5.01 Å². The van der Waals surface area contributed by atoms with Crippen molar-refractivity contribution in [3.8, 4) is 0 Å². The van der Waals surface area contributed by atoms with E-state index in [1.165, 1.54) is 6.42 Å². The molecule has 1 amide bonds. The Bertz CT molecular complexity index is 505. The highest BCUT2D eigenvalue weighted by Gasteiger charge is 2.25. The van der Waals surface area contributed by atoms with Gasteiger partial charge in [0, 0.05) is 17.6 Å². The lowest BCUT2D eigenvalue weighted by molar-refractivity contribution is -0.128. The molecule has 1 aromatic carbocycles. The second kappa shape index (κ2) is 7.00. The SMILES string of the molecule is CC1CCCC(C)N1NC(=O)Cc1ccc(C(N)=S)cc1. The normalized spacial score (nSPS) is 22.8. The minimum atomic E-state index is 0.0266. The molecule has 5 heteroatoms. The zero-order chi connectivity index (χ0) is 15.4. The van der Waals surface area contributed by atoms with Crippen LogP contribution in [0.2, 0.25) is 0 Å². The van der Waals surface area contributed by atoms with Gasteiger partial charge in [0.05, 0.1) is 6.42 Å². The maximum atomic E-state index is 12.2. The summed E-state index contributed by atoms with van der Waals surface area (Å²) in [5, 5.41) is 2.09. The van der Waals surface area contributed by atoms with Gasteiger partial charge < -0.3 is 5.73 Å². The molecular formula is C16H23N3OS. The van der Waals surface area contributed by atoms with E-state index in [-0.39, 0.29) is 5.91 Å². The molecule has 114 valence electrons. The summed E-state index contributed by atoms with van der Waals surface area (Å²) in [6, 6.07) is 8.31. The number of nitrogens with zero attached hydrogens (tertiary/aromatic N) is 1. The van der Waals surface area contributed by atoms with Gasteiger partial charge in [0.1, 0.15) is 4.99 Å². The fourth-order valence-electron chi connectivity index (χ4n) is 2.80. The van der Waals surface area contributed by atoms with E-state index in [0.717, 1.165) is 24.0 Å². The van der Waals surface area contributed by atoms with Crippen LogP contribution in [0.15, 0.2) is 24.3 Å². The van der Waals surface area contributed by atoms with E-state index in [9.17, 15) is 4.79 Å². The highest BCUT2D eigenvalue weighted by molar-refractivity contribution is 7.80. The second-order valence-corrected chi connectivity index (χ2v) is 6.25. The highest BCUT2D eigenvalue weighted by atomic mass is 32.1. The molecular weight excluding hydrogens is 282 g/mol. The molecule has 21 heavy (non-hydrogen) atoms. The first-order valence-corrected chi connectivity index (χ1v) is 7.84. The summed E-state index contributed by atoms with van der Waals surface area (Å²) in [5.41, 5.74) is 10.4. The molecule has 1 heterocycles. The Balaban J connectivity index is 1.93. The number of hydrogen-bond donors (Lipinski definition) is 2. The number of hydrazine groups is 1. The standard InChI is InChI=1S/C16H23N3OS/c1-11-4-3-5-12(2)19(11)18-15(20)10-13-6-8-14(9-7-13)16(17)21/h6-9,11-12H,3-5,10H2,1-2H3,(H2,17,21)(H,18,20). The van der Waals surface area contributed by atoms with Gasteiger partial charge in [0.25, 0.3) is 0 Å². The molecule has 1 fully saturated rings. The zero-order valence-electron chi connectivity index (χ0n) is 12.6. The summed E-state index contributed by atoms with van der Waals surface area (Å²) in [6.45, 7) is 4.32. The number of thiocarbonyl (C=S) groups is 1. The Labute approximate surface area is 131 Å². The molecule has 2 rings (SSSR count). The van der Waals surface area contributed by atoms with E-state index in [2.05, 4.69) is 24.3 Å². The second-order valence-electron chi connectivity index (χ2n) is 5.81. The van der Waals surface area contributed by atoms with Crippen molar-refractivity contribution in [3.63, 3.8) is 0 Å². The number of carbonyl (C=O) groups is 1.